The Kier molecular flexibility index (Phi) is 8.30. The fraction of sp³-hybridized carbons (Fsp3) is 0. The van der Waals surface area contributed by atoms with E-state index in [0.29, 0.717) is 0 Å². The van der Waals surface area contributed by atoms with Gasteiger partial charge in [0, 0.05) is 0 Å². The van der Waals surface area contributed by atoms with Crippen LogP contribution < -0.4 is 33.9 Å². The number of benzene rings is 3. The van der Waals surface area contributed by atoms with E-state index in [1.807, 2.05) is 59.7 Å². The van der Waals surface area contributed by atoms with Gasteiger partial charge in [-0.1, -0.05) is 59.7 Å². The minimum Gasteiger partial charge on any atom is -1.00 e. The Morgan fingerprint density at radius 3 is 1.83 bits per heavy atom. The predicted molar refractivity (Wildman–Crippen MR) is 111 cm³/mol. The number of hydrogen-bond acceptors (Lipinski definition) is 6. The van der Waals surface area contributed by atoms with Crippen LogP contribution in [0.1, 0.15) is 5.56 Å². The molecule has 0 spiro atoms. The van der Waals surface area contributed by atoms with Gasteiger partial charge in [-0.3, -0.25) is 0 Å². The Bertz CT molecular complexity index is 932. The molecule has 4 rings (SSSR count). The maximum atomic E-state index is 6.00. The summed E-state index contributed by atoms with van der Waals surface area (Å²) in [5, 5.41) is 14.4. The first-order valence-corrected chi connectivity index (χ1v) is 8.60. The molecule has 0 saturated carbocycles. The second kappa shape index (κ2) is 11.2. The lowest BCUT2D eigenvalue weighted by atomic mass is 10.2. The van der Waals surface area contributed by atoms with Gasteiger partial charge in [-0.15, -0.1) is 15.4 Å². The van der Waals surface area contributed by atoms with Crippen molar-refractivity contribution in [3.8, 4) is 0 Å². The summed E-state index contributed by atoms with van der Waals surface area (Å²) in [5.74, 6) is 5.44. The number of anilines is 2. The summed E-state index contributed by atoms with van der Waals surface area (Å²) in [6.45, 7) is 0. The molecule has 0 aliphatic carbocycles. The molecular weight excluding hydrogens is 388 g/mol. The molecule has 1 aliphatic rings. The van der Waals surface area contributed by atoms with Crippen LogP contribution in [0.4, 0.5) is 11.4 Å². The molecule has 0 bridgehead atoms. The lowest BCUT2D eigenvalue weighted by molar-refractivity contribution is -0.545. The molecule has 29 heavy (non-hydrogen) atoms. The van der Waals surface area contributed by atoms with Gasteiger partial charge in [0.1, 0.15) is 5.69 Å². The van der Waals surface area contributed by atoms with Crippen LogP contribution in [0, 0.1) is 5.53 Å². The Labute approximate surface area is 175 Å². The third kappa shape index (κ3) is 5.61. The summed E-state index contributed by atoms with van der Waals surface area (Å²) in [6.07, 6.45) is 0.944. The molecule has 0 atom stereocenters. The summed E-state index contributed by atoms with van der Waals surface area (Å²) >= 11 is 0. The first kappa shape index (κ1) is 21.5. The van der Waals surface area contributed by atoms with Gasteiger partial charge in [0.15, 0.2) is 6.34 Å². The summed E-state index contributed by atoms with van der Waals surface area (Å²) < 4.78 is 0. The second-order valence-electron chi connectivity index (χ2n) is 5.68. The smallest absolute Gasteiger partial charge is 0.277 e. The van der Waals surface area contributed by atoms with Crippen LogP contribution in [0.5, 0.6) is 0 Å². The largest absolute Gasteiger partial charge is 1.00 e. The number of para-hydroxylation sites is 2. The minimum absolute atomic E-state index is 0. The van der Waals surface area contributed by atoms with Crippen molar-refractivity contribution in [2.45, 2.75) is 0 Å². The van der Waals surface area contributed by atoms with Gasteiger partial charge in [-0.2, -0.15) is 10.5 Å². The van der Waals surface area contributed by atoms with Gasteiger partial charge < -0.3 is 18.2 Å². The number of quaternary nitrogens is 1. The zero-order valence-electron chi connectivity index (χ0n) is 15.5. The normalized spacial score (nSPS) is 12.6. The van der Waals surface area contributed by atoms with Crippen LogP contribution >= 0.6 is 0 Å². The Hall–Kier alpha value is -3.75. The van der Waals surface area contributed by atoms with Crippen molar-refractivity contribution in [3.63, 3.8) is 0 Å². The number of halogens is 1. The van der Waals surface area contributed by atoms with Crippen LogP contribution in [0.3, 0.4) is 0 Å². The average molecular weight is 409 g/mol. The van der Waals surface area contributed by atoms with Crippen molar-refractivity contribution < 1.29 is 17.8 Å². The van der Waals surface area contributed by atoms with Gasteiger partial charge in [0.25, 0.3) is 5.84 Å². The number of nitrogens with zero attached hydrogens (tertiary/aromatic N) is 5. The standard InChI is InChI=1S/C19H16N4.CH4N4.ClH/c1-4-10-16(11-5-1)19-20-22(17-12-6-2-7-13-17)23(21-19)18-14-8-3-9-15-18;2-4-1-5-3;/h1-15H,(H,20,21);1-2H,3H2;1H. The van der Waals surface area contributed by atoms with Crippen molar-refractivity contribution in [2.75, 3.05) is 10.2 Å². The van der Waals surface area contributed by atoms with Crippen molar-refractivity contribution in [2.24, 2.45) is 21.2 Å². The first-order chi connectivity index (χ1) is 13.8. The fourth-order valence-electron chi connectivity index (χ4n) is 2.63. The fourth-order valence-corrected chi connectivity index (χ4v) is 2.63. The van der Waals surface area contributed by atoms with Crippen LogP contribution in [-0.2, 0) is 0 Å². The molecule has 9 heteroatoms. The molecular formula is C20H21ClN8. The molecule has 148 valence electrons. The molecule has 0 fully saturated rings. The van der Waals surface area contributed by atoms with Crippen LogP contribution in [-0.4, -0.2) is 12.2 Å². The number of hydrazone groups is 2. The van der Waals surface area contributed by atoms with Crippen molar-refractivity contribution >= 4 is 23.5 Å². The molecule has 1 aliphatic heterocycles. The van der Waals surface area contributed by atoms with E-state index in [0.717, 1.165) is 29.1 Å². The number of amidine groups is 1. The topological polar surface area (TPSA) is 110 Å². The summed E-state index contributed by atoms with van der Waals surface area (Å²) in [4.78, 5) is 0. The van der Waals surface area contributed by atoms with Gasteiger partial charge in [0.2, 0.25) is 0 Å². The maximum absolute atomic E-state index is 6.00. The number of nitrogens with one attached hydrogen (secondary N) is 1. The minimum atomic E-state index is 0. The number of rotatable bonds is 4. The quantitative estimate of drug-likeness (QED) is 0.181. The zero-order chi connectivity index (χ0) is 19.6. The van der Waals surface area contributed by atoms with E-state index in [1.165, 1.54) is 0 Å². The Morgan fingerprint density at radius 2 is 1.34 bits per heavy atom. The third-order valence-corrected chi connectivity index (χ3v) is 3.85. The average Bonchev–Trinajstić information content (AvgIpc) is 3.22. The number of hydrazine groups is 1. The van der Waals surface area contributed by atoms with E-state index in [2.05, 4.69) is 63.0 Å². The summed E-state index contributed by atoms with van der Waals surface area (Å²) in [5.41, 5.74) is 11.3. The highest BCUT2D eigenvalue weighted by Crippen LogP contribution is 2.22. The first-order valence-electron chi connectivity index (χ1n) is 8.60. The molecule has 0 amide bonds. The van der Waals surface area contributed by atoms with Crippen molar-refractivity contribution in [1.82, 2.24) is 0 Å². The van der Waals surface area contributed by atoms with Crippen LogP contribution in [0.2, 0.25) is 0 Å². The molecule has 1 heterocycles. The highest BCUT2D eigenvalue weighted by molar-refractivity contribution is 5.93. The lowest BCUT2D eigenvalue weighted by Crippen LogP contribution is -3.00. The van der Waals surface area contributed by atoms with Crippen LogP contribution in [0.25, 0.3) is 0 Å². The van der Waals surface area contributed by atoms with Crippen molar-refractivity contribution in [1.29, 1.82) is 5.53 Å². The molecule has 8 nitrogen and oxygen atoms in total. The SMILES string of the molecule is N=NC=NN.[Cl-].c1ccc(C2=NN(c3ccccc3)N(c3ccccc3)[NH2+]2)cc1. The Balaban J connectivity index is 0.000000450. The second-order valence-corrected chi connectivity index (χ2v) is 5.68. The number of hydrogen-bond donors (Lipinski definition) is 3. The highest BCUT2D eigenvalue weighted by Gasteiger charge is 2.30. The third-order valence-electron chi connectivity index (χ3n) is 3.85. The van der Waals surface area contributed by atoms with E-state index in [9.17, 15) is 0 Å². The van der Waals surface area contributed by atoms with Gasteiger partial charge in [-0.05, 0) is 36.4 Å². The van der Waals surface area contributed by atoms with Crippen LogP contribution in [0.15, 0.2) is 106 Å². The molecule has 3 aromatic carbocycles. The van der Waals surface area contributed by atoms with Gasteiger partial charge in [0.05, 0.1) is 11.3 Å². The van der Waals surface area contributed by atoms with E-state index < -0.39 is 0 Å². The lowest BCUT2D eigenvalue weighted by Gasteiger charge is -2.23. The summed E-state index contributed by atoms with van der Waals surface area (Å²) in [7, 11) is 0. The molecule has 0 saturated heterocycles. The monoisotopic (exact) mass is 408 g/mol. The molecule has 0 radical (unpaired) electrons. The Morgan fingerprint density at radius 1 is 0.828 bits per heavy atom. The molecule has 3 aromatic rings. The highest BCUT2D eigenvalue weighted by atomic mass is 35.5. The zero-order valence-corrected chi connectivity index (χ0v) is 16.3. The molecule has 0 aromatic heterocycles. The van der Waals surface area contributed by atoms with Gasteiger partial charge in [-0.25, -0.2) is 5.53 Å². The van der Waals surface area contributed by atoms with Crippen molar-refractivity contribution in [3.05, 3.63) is 96.6 Å². The predicted octanol–water partition coefficient (Wildman–Crippen LogP) is -0.308. The van der Waals surface area contributed by atoms with E-state index in [-0.39, 0.29) is 12.4 Å². The van der Waals surface area contributed by atoms with E-state index in [4.69, 9.17) is 10.6 Å². The maximum Gasteiger partial charge on any atom is 0.277 e. The summed E-state index contributed by atoms with van der Waals surface area (Å²) in [6, 6.07) is 30.6. The molecule has 5 N–H and O–H groups in total. The van der Waals surface area contributed by atoms with E-state index >= 15 is 0 Å². The molecule has 0 unspecified atom stereocenters. The number of nitrogens with two attached hydrogens (primary N) is 2. The van der Waals surface area contributed by atoms with E-state index in [1.54, 1.807) is 0 Å². The van der Waals surface area contributed by atoms with Gasteiger partial charge >= 0.3 is 0 Å².